The first-order chi connectivity index (χ1) is 33.2. The lowest BCUT2D eigenvalue weighted by atomic mass is 9.80. The van der Waals surface area contributed by atoms with E-state index in [0.29, 0.717) is 0 Å². The van der Waals surface area contributed by atoms with E-state index >= 15 is 0 Å². The van der Waals surface area contributed by atoms with Crippen molar-refractivity contribution in [2.45, 2.75) is 52.2 Å². The Bertz CT molecular complexity index is 2980. The molecular formula is C54H54N8O6S. The van der Waals surface area contributed by atoms with Crippen LogP contribution in [0, 0.1) is 10.8 Å². The van der Waals surface area contributed by atoms with Gasteiger partial charge in [-0.2, -0.15) is 0 Å². The second-order valence-electron chi connectivity index (χ2n) is 17.4. The third-order valence-corrected chi connectivity index (χ3v) is 12.8. The highest BCUT2D eigenvalue weighted by molar-refractivity contribution is 7.10. The van der Waals surface area contributed by atoms with E-state index in [0.717, 1.165) is 38.8 Å². The number of hydrogen-bond acceptors (Lipinski definition) is 9. The summed E-state index contributed by atoms with van der Waals surface area (Å²) in [5.74, 6) is -2.51. The SMILES string of the molecule is CC(C)(C(=O)O)C(c1ccc(Nc2ccc3ccccc3c2)cc1)n1ccnc1.CC(C)(C(=O)O)C(c1ccc(Nc2ccccc2)cc1)n1ccnc1.O=C(O)CC(c1cccs1)n1ccnc1. The van der Waals surface area contributed by atoms with Crippen LogP contribution in [0.2, 0.25) is 0 Å². The van der Waals surface area contributed by atoms with Crippen molar-refractivity contribution >= 4 is 62.8 Å². The van der Waals surface area contributed by atoms with Gasteiger partial charge in [-0.3, -0.25) is 14.4 Å². The molecule has 352 valence electrons. The molecule has 0 saturated carbocycles. The van der Waals surface area contributed by atoms with E-state index in [4.69, 9.17) is 5.11 Å². The Balaban J connectivity index is 0.000000160. The predicted octanol–water partition coefficient (Wildman–Crippen LogP) is 11.8. The van der Waals surface area contributed by atoms with Gasteiger partial charge in [0.25, 0.3) is 0 Å². The molecule has 0 aliphatic heterocycles. The molecule has 3 unspecified atom stereocenters. The summed E-state index contributed by atoms with van der Waals surface area (Å²) in [5, 5.41) is 39.4. The number of carboxylic acids is 3. The molecule has 15 heteroatoms. The number of aliphatic carboxylic acids is 3. The molecule has 9 aromatic rings. The summed E-state index contributed by atoms with van der Waals surface area (Å²) in [7, 11) is 0. The van der Waals surface area contributed by atoms with Gasteiger partial charge in [-0.25, -0.2) is 15.0 Å². The number of hydrogen-bond donors (Lipinski definition) is 5. The molecule has 3 atom stereocenters. The number of aromatic nitrogens is 6. The Kier molecular flexibility index (Phi) is 15.5. The maximum atomic E-state index is 11.9. The lowest BCUT2D eigenvalue weighted by molar-refractivity contribution is -0.149. The molecule has 9 rings (SSSR count). The van der Waals surface area contributed by atoms with Crippen molar-refractivity contribution in [1.82, 2.24) is 28.7 Å². The summed E-state index contributed by atoms with van der Waals surface area (Å²) in [6.45, 7) is 6.94. The molecule has 0 radical (unpaired) electrons. The second kappa shape index (κ2) is 22.0. The summed E-state index contributed by atoms with van der Waals surface area (Å²) in [4.78, 5) is 47.6. The Morgan fingerprint density at radius 1 is 0.536 bits per heavy atom. The van der Waals surface area contributed by atoms with E-state index in [-0.39, 0.29) is 24.5 Å². The molecule has 4 aromatic heterocycles. The van der Waals surface area contributed by atoms with Crippen LogP contribution in [0.1, 0.15) is 68.2 Å². The zero-order valence-electron chi connectivity index (χ0n) is 38.6. The number of thiophene rings is 1. The van der Waals surface area contributed by atoms with Gasteiger partial charge in [0.2, 0.25) is 0 Å². The van der Waals surface area contributed by atoms with Gasteiger partial charge >= 0.3 is 17.9 Å². The van der Waals surface area contributed by atoms with Gasteiger partial charge < -0.3 is 39.7 Å². The smallest absolute Gasteiger partial charge is 0.311 e. The molecule has 0 amide bonds. The van der Waals surface area contributed by atoms with Gasteiger partial charge in [-0.1, -0.05) is 78.9 Å². The molecule has 4 heterocycles. The fraction of sp³-hybridized carbons (Fsp3) is 0.185. The van der Waals surface area contributed by atoms with E-state index in [1.807, 2.05) is 122 Å². The lowest BCUT2D eigenvalue weighted by Crippen LogP contribution is -2.35. The van der Waals surface area contributed by atoms with Gasteiger partial charge in [-0.15, -0.1) is 11.3 Å². The van der Waals surface area contributed by atoms with Crippen molar-refractivity contribution in [1.29, 1.82) is 0 Å². The number of nitrogens with one attached hydrogen (secondary N) is 2. The Morgan fingerprint density at radius 3 is 1.43 bits per heavy atom. The molecule has 0 bridgehead atoms. The van der Waals surface area contributed by atoms with E-state index in [1.165, 1.54) is 10.8 Å². The first-order valence-corrected chi connectivity index (χ1v) is 23.0. The summed E-state index contributed by atoms with van der Waals surface area (Å²) < 4.78 is 5.51. The fourth-order valence-electron chi connectivity index (χ4n) is 8.07. The maximum Gasteiger partial charge on any atom is 0.311 e. The third kappa shape index (κ3) is 12.2. The number of carbonyl (C=O) groups is 3. The van der Waals surface area contributed by atoms with Crippen molar-refractivity contribution in [3.05, 3.63) is 211 Å². The normalized spacial score (nSPS) is 12.6. The third-order valence-electron chi connectivity index (χ3n) is 11.8. The number of carboxylic acid groups (broad SMARTS) is 3. The zero-order valence-corrected chi connectivity index (χ0v) is 39.4. The number of nitrogens with zero attached hydrogens (tertiary/aromatic N) is 6. The van der Waals surface area contributed by atoms with Crippen LogP contribution >= 0.6 is 11.3 Å². The predicted molar refractivity (Wildman–Crippen MR) is 270 cm³/mol. The molecule has 69 heavy (non-hydrogen) atoms. The Labute approximate surface area is 404 Å². The van der Waals surface area contributed by atoms with E-state index in [2.05, 4.69) is 55.9 Å². The minimum atomic E-state index is -0.992. The van der Waals surface area contributed by atoms with Gasteiger partial charge in [0.05, 0.1) is 54.4 Å². The molecule has 14 nitrogen and oxygen atoms in total. The van der Waals surface area contributed by atoms with Crippen LogP contribution in [0.5, 0.6) is 0 Å². The summed E-state index contributed by atoms with van der Waals surface area (Å²) in [6.07, 6.45) is 15.4. The number of fused-ring (bicyclic) bond motifs is 1. The first-order valence-electron chi connectivity index (χ1n) is 22.1. The molecule has 5 aromatic carbocycles. The lowest BCUT2D eigenvalue weighted by Gasteiger charge is -2.32. The second-order valence-corrected chi connectivity index (χ2v) is 18.4. The highest BCUT2D eigenvalue weighted by Gasteiger charge is 2.40. The summed E-state index contributed by atoms with van der Waals surface area (Å²) in [5.41, 5.74) is 3.78. The minimum Gasteiger partial charge on any atom is -0.481 e. The molecule has 0 aliphatic rings. The summed E-state index contributed by atoms with van der Waals surface area (Å²) in [6, 6.07) is 43.2. The number of anilines is 4. The van der Waals surface area contributed by atoms with Crippen molar-refractivity contribution in [2.75, 3.05) is 10.6 Å². The van der Waals surface area contributed by atoms with Crippen LogP contribution in [0.15, 0.2) is 195 Å². The number of rotatable bonds is 16. The molecule has 0 fully saturated rings. The van der Waals surface area contributed by atoms with Crippen LogP contribution in [-0.2, 0) is 14.4 Å². The van der Waals surface area contributed by atoms with Crippen molar-refractivity contribution < 1.29 is 29.7 Å². The average Bonchev–Trinajstić information content (AvgIpc) is 4.21. The standard InChI is InChI=1S/C24H23N3O2.C20H21N3O2.C10H10N2O2S/c1-24(2,23(28)29)22(27-14-13-25-16-27)18-8-10-20(11-9-18)26-21-12-7-17-5-3-4-6-19(17)15-21;1-20(2,19(24)25)18(23-13-12-21-14-23)15-8-10-17(11-9-15)22-16-6-4-3-5-7-16;13-10(14)6-8(9-2-1-5-15-9)12-4-3-11-7-12/h3-16,22,26H,1-2H3,(H,28,29);3-14,18,22H,1-2H3,(H,24,25);1-5,7-8H,6H2,(H,13,14). The van der Waals surface area contributed by atoms with Crippen LogP contribution in [0.25, 0.3) is 10.8 Å². The van der Waals surface area contributed by atoms with Crippen molar-refractivity contribution in [3.63, 3.8) is 0 Å². The first kappa shape index (κ1) is 48.6. The highest BCUT2D eigenvalue weighted by Crippen LogP contribution is 2.39. The van der Waals surface area contributed by atoms with Crippen molar-refractivity contribution in [3.8, 4) is 0 Å². The topological polar surface area (TPSA) is 189 Å². The van der Waals surface area contributed by atoms with Crippen LogP contribution in [0.3, 0.4) is 0 Å². The van der Waals surface area contributed by atoms with Gasteiger partial charge in [0.15, 0.2) is 0 Å². The van der Waals surface area contributed by atoms with Gasteiger partial charge in [0.1, 0.15) is 0 Å². The number of benzene rings is 5. The van der Waals surface area contributed by atoms with Crippen LogP contribution in [0.4, 0.5) is 22.7 Å². The van der Waals surface area contributed by atoms with Gasteiger partial charge in [0, 0.05) is 64.8 Å². The highest BCUT2D eigenvalue weighted by atomic mass is 32.1. The molecule has 5 N–H and O–H groups in total. The quantitative estimate of drug-likeness (QED) is 0.0620. The van der Waals surface area contributed by atoms with Gasteiger partial charge in [-0.05, 0) is 110 Å². The number of para-hydroxylation sites is 1. The van der Waals surface area contributed by atoms with E-state index in [1.54, 1.807) is 95.2 Å². The molecular weight excluding hydrogens is 889 g/mol. The molecule has 0 aliphatic carbocycles. The molecule has 0 spiro atoms. The minimum absolute atomic E-state index is 0.0802. The Morgan fingerprint density at radius 2 is 0.986 bits per heavy atom. The van der Waals surface area contributed by atoms with Crippen LogP contribution < -0.4 is 10.6 Å². The number of imidazole rings is 3. The van der Waals surface area contributed by atoms with Crippen molar-refractivity contribution in [2.24, 2.45) is 10.8 Å². The van der Waals surface area contributed by atoms with Crippen LogP contribution in [-0.4, -0.2) is 61.9 Å². The van der Waals surface area contributed by atoms with E-state index in [9.17, 15) is 24.6 Å². The Hall–Kier alpha value is -8.30. The average molecular weight is 943 g/mol. The maximum absolute atomic E-state index is 11.9. The monoisotopic (exact) mass is 942 g/mol. The summed E-state index contributed by atoms with van der Waals surface area (Å²) >= 11 is 1.56. The fourth-order valence-corrected chi connectivity index (χ4v) is 8.91. The largest absolute Gasteiger partial charge is 0.481 e. The van der Waals surface area contributed by atoms with E-state index < -0.39 is 28.7 Å². The molecule has 0 saturated heterocycles. The zero-order chi connectivity index (χ0) is 49.0.